The zero-order valence-corrected chi connectivity index (χ0v) is 16.8. The van der Waals surface area contributed by atoms with E-state index in [0.29, 0.717) is 5.41 Å². The lowest BCUT2D eigenvalue weighted by atomic mass is 9.66. The highest BCUT2D eigenvalue weighted by atomic mass is 15.2. The smallest absolute Gasteiger partial charge is 0.0946 e. The fourth-order valence-electron chi connectivity index (χ4n) is 4.10. The summed E-state index contributed by atoms with van der Waals surface area (Å²) in [5, 5.41) is 3.74. The lowest BCUT2D eigenvalue weighted by molar-refractivity contribution is 0.0903. The molecule has 1 saturated heterocycles. The summed E-state index contributed by atoms with van der Waals surface area (Å²) in [5.74, 6) is 0. The lowest BCUT2D eigenvalue weighted by Gasteiger charge is -2.42. The molecule has 0 bridgehead atoms. The van der Waals surface area contributed by atoms with Crippen molar-refractivity contribution in [1.29, 1.82) is 0 Å². The van der Waals surface area contributed by atoms with Crippen LogP contribution in [0.2, 0.25) is 0 Å². The number of imidazole rings is 1. The third kappa shape index (κ3) is 4.54. The number of hydrogen-bond donors (Lipinski definition) is 1. The topological polar surface area (TPSA) is 33.1 Å². The van der Waals surface area contributed by atoms with Gasteiger partial charge in [0.2, 0.25) is 0 Å². The van der Waals surface area contributed by atoms with Gasteiger partial charge in [0.1, 0.15) is 0 Å². The van der Waals surface area contributed by atoms with Crippen LogP contribution in [0.1, 0.15) is 38.4 Å². The molecule has 2 heterocycles. The molecule has 1 aliphatic rings. The van der Waals surface area contributed by atoms with Crippen molar-refractivity contribution in [3.63, 3.8) is 0 Å². The van der Waals surface area contributed by atoms with Crippen molar-refractivity contribution < 1.29 is 0 Å². The van der Waals surface area contributed by atoms with E-state index in [1.807, 2.05) is 17.9 Å². The molecule has 1 fully saturated rings. The fourth-order valence-corrected chi connectivity index (χ4v) is 4.10. The van der Waals surface area contributed by atoms with Crippen LogP contribution in [0.4, 0.5) is 0 Å². The van der Waals surface area contributed by atoms with Crippen LogP contribution in [0.25, 0.3) is 0 Å². The van der Waals surface area contributed by atoms with E-state index in [2.05, 4.69) is 72.5 Å². The van der Waals surface area contributed by atoms with E-state index < -0.39 is 0 Å². The molecular formula is C22H34N4. The highest BCUT2D eigenvalue weighted by Crippen LogP contribution is 2.45. The Morgan fingerprint density at radius 2 is 1.96 bits per heavy atom. The molecule has 26 heavy (non-hydrogen) atoms. The van der Waals surface area contributed by atoms with Crippen LogP contribution in [0.3, 0.4) is 0 Å². The summed E-state index contributed by atoms with van der Waals surface area (Å²) in [7, 11) is 2.03. The van der Waals surface area contributed by atoms with Gasteiger partial charge < -0.3 is 9.88 Å². The summed E-state index contributed by atoms with van der Waals surface area (Å²) in [5.41, 5.74) is 3.20. The molecule has 0 amide bonds. The van der Waals surface area contributed by atoms with Gasteiger partial charge in [-0.3, -0.25) is 4.90 Å². The van der Waals surface area contributed by atoms with Gasteiger partial charge >= 0.3 is 0 Å². The molecule has 3 rings (SSSR count). The number of likely N-dealkylation sites (tertiary alicyclic amines) is 1. The maximum atomic E-state index is 4.42. The molecule has 4 heteroatoms. The summed E-state index contributed by atoms with van der Waals surface area (Å²) in [6, 6.07) is 10.9. The summed E-state index contributed by atoms with van der Waals surface area (Å²) in [4.78, 5) is 7.05. The van der Waals surface area contributed by atoms with Crippen LogP contribution in [0.15, 0.2) is 42.9 Å². The van der Waals surface area contributed by atoms with Crippen LogP contribution in [-0.2, 0) is 20.0 Å². The second kappa shape index (κ2) is 7.93. The summed E-state index contributed by atoms with van der Waals surface area (Å²) < 4.78 is 2.02. The van der Waals surface area contributed by atoms with E-state index in [9.17, 15) is 0 Å². The van der Waals surface area contributed by atoms with Crippen molar-refractivity contribution in [2.75, 3.05) is 26.2 Å². The number of nitrogens with one attached hydrogen (secondary N) is 1. The number of benzene rings is 1. The number of nitrogens with zero attached hydrogens (tertiary/aromatic N) is 3. The molecule has 1 unspecified atom stereocenters. The first kappa shape index (κ1) is 19.1. The fraction of sp³-hybridized carbons (Fsp3) is 0.591. The first-order valence-electron chi connectivity index (χ1n) is 9.82. The van der Waals surface area contributed by atoms with E-state index >= 15 is 0 Å². The first-order chi connectivity index (χ1) is 12.4. The number of rotatable bonds is 7. The zero-order valence-electron chi connectivity index (χ0n) is 16.8. The van der Waals surface area contributed by atoms with Gasteiger partial charge in [0.15, 0.2) is 0 Å². The van der Waals surface area contributed by atoms with Gasteiger partial charge in [0, 0.05) is 51.3 Å². The van der Waals surface area contributed by atoms with E-state index in [4.69, 9.17) is 0 Å². The SMILES string of the molecule is Cn1cnc(CCNCC2(C(C)(C)C)CCN(Cc3ccccc3)C2)c1. The third-order valence-electron chi connectivity index (χ3n) is 6.05. The Morgan fingerprint density at radius 3 is 2.62 bits per heavy atom. The standard InChI is InChI=1S/C22H34N4/c1-21(2,3)22(16-23-12-10-20-15-25(4)18-24-20)11-13-26(17-22)14-19-8-6-5-7-9-19/h5-9,15,18,23H,10-14,16-17H2,1-4H3. The van der Waals surface area contributed by atoms with Gasteiger partial charge in [-0.2, -0.15) is 0 Å². The Balaban J connectivity index is 1.55. The number of hydrogen-bond acceptors (Lipinski definition) is 3. The Labute approximate surface area is 158 Å². The van der Waals surface area contributed by atoms with E-state index in [-0.39, 0.29) is 5.41 Å². The largest absolute Gasteiger partial charge is 0.340 e. The van der Waals surface area contributed by atoms with Gasteiger partial charge in [0.05, 0.1) is 12.0 Å². The van der Waals surface area contributed by atoms with Crippen LogP contribution < -0.4 is 5.32 Å². The lowest BCUT2D eigenvalue weighted by Crippen LogP contribution is -2.46. The molecule has 1 aliphatic heterocycles. The Bertz CT molecular complexity index is 686. The summed E-state index contributed by atoms with van der Waals surface area (Å²) >= 11 is 0. The molecule has 0 spiro atoms. The minimum Gasteiger partial charge on any atom is -0.340 e. The average Bonchev–Trinajstić information content (AvgIpc) is 3.19. The van der Waals surface area contributed by atoms with Gasteiger partial charge in [0.25, 0.3) is 0 Å². The number of aryl methyl sites for hydroxylation is 1. The van der Waals surface area contributed by atoms with Crippen LogP contribution in [0, 0.1) is 10.8 Å². The molecule has 0 radical (unpaired) electrons. The van der Waals surface area contributed by atoms with Gasteiger partial charge in [-0.25, -0.2) is 4.98 Å². The van der Waals surface area contributed by atoms with E-state index in [0.717, 1.165) is 26.1 Å². The highest BCUT2D eigenvalue weighted by Gasteiger charge is 2.46. The van der Waals surface area contributed by atoms with Crippen LogP contribution in [-0.4, -0.2) is 40.6 Å². The first-order valence-corrected chi connectivity index (χ1v) is 9.82. The van der Waals surface area contributed by atoms with Crippen LogP contribution >= 0.6 is 0 Å². The highest BCUT2D eigenvalue weighted by molar-refractivity contribution is 5.15. The molecule has 142 valence electrons. The number of aromatic nitrogens is 2. The average molecular weight is 355 g/mol. The molecule has 0 aliphatic carbocycles. The maximum Gasteiger partial charge on any atom is 0.0946 e. The monoisotopic (exact) mass is 354 g/mol. The van der Waals surface area contributed by atoms with Gasteiger partial charge in [-0.1, -0.05) is 51.1 Å². The van der Waals surface area contributed by atoms with E-state index in [1.165, 1.54) is 30.8 Å². The predicted molar refractivity (Wildman–Crippen MR) is 108 cm³/mol. The summed E-state index contributed by atoms with van der Waals surface area (Å²) in [6.07, 6.45) is 6.25. The quantitative estimate of drug-likeness (QED) is 0.773. The maximum absolute atomic E-state index is 4.42. The van der Waals surface area contributed by atoms with E-state index in [1.54, 1.807) is 0 Å². The van der Waals surface area contributed by atoms with Crippen molar-refractivity contribution in [3.8, 4) is 0 Å². The molecule has 1 atom stereocenters. The Kier molecular flexibility index (Phi) is 5.83. The normalized spacial score (nSPS) is 21.4. The molecule has 1 N–H and O–H groups in total. The second-order valence-corrected chi connectivity index (χ2v) is 8.93. The van der Waals surface area contributed by atoms with Gasteiger partial charge in [-0.15, -0.1) is 0 Å². The van der Waals surface area contributed by atoms with Crippen molar-refractivity contribution in [2.45, 2.75) is 40.2 Å². The minimum absolute atomic E-state index is 0.288. The predicted octanol–water partition coefficient (Wildman–Crippen LogP) is 3.49. The van der Waals surface area contributed by atoms with Crippen molar-refractivity contribution in [1.82, 2.24) is 19.8 Å². The molecule has 0 saturated carbocycles. The Morgan fingerprint density at radius 1 is 1.19 bits per heavy atom. The van der Waals surface area contributed by atoms with Crippen LogP contribution in [0.5, 0.6) is 0 Å². The van der Waals surface area contributed by atoms with Crippen molar-refractivity contribution in [3.05, 3.63) is 54.1 Å². The van der Waals surface area contributed by atoms with Crippen molar-refractivity contribution >= 4 is 0 Å². The Hall–Kier alpha value is -1.65. The molecule has 1 aromatic heterocycles. The minimum atomic E-state index is 0.288. The van der Waals surface area contributed by atoms with Crippen molar-refractivity contribution in [2.24, 2.45) is 17.9 Å². The zero-order chi connectivity index (χ0) is 18.6. The second-order valence-electron chi connectivity index (χ2n) is 8.93. The molecular weight excluding hydrogens is 320 g/mol. The molecule has 2 aromatic rings. The third-order valence-corrected chi connectivity index (χ3v) is 6.05. The molecule has 4 nitrogen and oxygen atoms in total. The molecule has 1 aromatic carbocycles. The van der Waals surface area contributed by atoms with Gasteiger partial charge in [-0.05, 0) is 23.9 Å². The summed E-state index contributed by atoms with van der Waals surface area (Å²) in [6.45, 7) is 12.7.